The van der Waals surface area contributed by atoms with Gasteiger partial charge in [0.1, 0.15) is 0 Å². The summed E-state index contributed by atoms with van der Waals surface area (Å²) in [6.07, 6.45) is 3.21. The molecule has 104 valence electrons. The number of nitrogens with one attached hydrogen (secondary N) is 2. The summed E-state index contributed by atoms with van der Waals surface area (Å²) in [5, 5.41) is 6.15. The summed E-state index contributed by atoms with van der Waals surface area (Å²) in [5.74, 6) is 0.0379. The van der Waals surface area contributed by atoms with Gasteiger partial charge in [0.2, 0.25) is 5.91 Å². The van der Waals surface area contributed by atoms with E-state index in [1.165, 1.54) is 11.1 Å². The van der Waals surface area contributed by atoms with Gasteiger partial charge in [-0.2, -0.15) is 0 Å². The summed E-state index contributed by atoms with van der Waals surface area (Å²) in [6, 6.07) is 8.96. The van der Waals surface area contributed by atoms with Crippen molar-refractivity contribution in [2.45, 2.75) is 25.3 Å². The van der Waals surface area contributed by atoms with Crippen LogP contribution in [0.15, 0.2) is 24.3 Å². The minimum absolute atomic E-state index is 0.0379. The molecule has 0 aliphatic heterocycles. The van der Waals surface area contributed by atoms with Crippen molar-refractivity contribution in [3.05, 3.63) is 35.4 Å². The van der Waals surface area contributed by atoms with Crippen LogP contribution in [-0.4, -0.2) is 38.8 Å². The molecule has 0 heterocycles. The number of aryl methyl sites for hydroxylation is 1. The van der Waals surface area contributed by atoms with Gasteiger partial charge in [0.15, 0.2) is 0 Å². The van der Waals surface area contributed by atoms with Crippen LogP contribution >= 0.6 is 0 Å². The molecule has 0 saturated heterocycles. The van der Waals surface area contributed by atoms with Gasteiger partial charge in [-0.25, -0.2) is 0 Å². The van der Waals surface area contributed by atoms with Crippen molar-refractivity contribution in [3.63, 3.8) is 0 Å². The number of benzene rings is 1. The maximum Gasteiger partial charge on any atom is 0.234 e. The molecule has 2 rings (SSSR count). The SMILES string of the molecule is COCCNC(=O)CNC1CCc2ccccc2C1. The van der Waals surface area contributed by atoms with E-state index in [2.05, 4.69) is 34.9 Å². The zero-order valence-corrected chi connectivity index (χ0v) is 11.4. The Morgan fingerprint density at radius 3 is 2.95 bits per heavy atom. The zero-order chi connectivity index (χ0) is 13.5. The molecule has 0 fully saturated rings. The maximum absolute atomic E-state index is 11.6. The van der Waals surface area contributed by atoms with Gasteiger partial charge in [-0.1, -0.05) is 24.3 Å². The van der Waals surface area contributed by atoms with Crippen molar-refractivity contribution in [1.29, 1.82) is 0 Å². The minimum atomic E-state index is 0.0379. The fourth-order valence-corrected chi connectivity index (χ4v) is 2.46. The second-order valence-electron chi connectivity index (χ2n) is 4.93. The topological polar surface area (TPSA) is 50.4 Å². The van der Waals surface area contributed by atoms with E-state index in [1.54, 1.807) is 7.11 Å². The molecular formula is C15H22N2O2. The molecule has 1 aliphatic rings. The van der Waals surface area contributed by atoms with Crippen molar-refractivity contribution in [2.24, 2.45) is 0 Å². The second-order valence-corrected chi connectivity index (χ2v) is 4.93. The number of amides is 1. The number of fused-ring (bicyclic) bond motifs is 1. The van der Waals surface area contributed by atoms with E-state index in [1.807, 2.05) is 0 Å². The molecule has 2 N–H and O–H groups in total. The van der Waals surface area contributed by atoms with Gasteiger partial charge in [-0.15, -0.1) is 0 Å². The summed E-state index contributed by atoms with van der Waals surface area (Å²) in [5.41, 5.74) is 2.86. The fourth-order valence-electron chi connectivity index (χ4n) is 2.46. The van der Waals surface area contributed by atoms with Gasteiger partial charge in [0.25, 0.3) is 0 Å². The van der Waals surface area contributed by atoms with Crippen LogP contribution in [0.25, 0.3) is 0 Å². The monoisotopic (exact) mass is 262 g/mol. The lowest BCUT2D eigenvalue weighted by molar-refractivity contribution is -0.120. The largest absolute Gasteiger partial charge is 0.383 e. The molecule has 0 saturated carbocycles. The number of ether oxygens (including phenoxy) is 1. The highest BCUT2D eigenvalue weighted by Gasteiger charge is 2.18. The molecule has 0 radical (unpaired) electrons. The second kappa shape index (κ2) is 7.26. The highest BCUT2D eigenvalue weighted by atomic mass is 16.5. The number of hydrogen-bond acceptors (Lipinski definition) is 3. The van der Waals surface area contributed by atoms with E-state index in [4.69, 9.17) is 4.74 Å². The number of carbonyl (C=O) groups is 1. The van der Waals surface area contributed by atoms with E-state index in [-0.39, 0.29) is 5.91 Å². The first-order valence-corrected chi connectivity index (χ1v) is 6.85. The van der Waals surface area contributed by atoms with Crippen molar-refractivity contribution in [2.75, 3.05) is 26.8 Å². The van der Waals surface area contributed by atoms with Crippen molar-refractivity contribution in [3.8, 4) is 0 Å². The number of rotatable bonds is 6. The molecule has 1 unspecified atom stereocenters. The third kappa shape index (κ3) is 4.33. The predicted octanol–water partition coefficient (Wildman–Crippen LogP) is 0.896. The lowest BCUT2D eigenvalue weighted by Gasteiger charge is -2.25. The Labute approximate surface area is 114 Å². The van der Waals surface area contributed by atoms with Crippen LogP contribution in [0.5, 0.6) is 0 Å². The Morgan fingerprint density at radius 2 is 2.16 bits per heavy atom. The average Bonchev–Trinajstić information content (AvgIpc) is 2.45. The van der Waals surface area contributed by atoms with Crippen LogP contribution in [0.2, 0.25) is 0 Å². The van der Waals surface area contributed by atoms with Crippen LogP contribution in [0.3, 0.4) is 0 Å². The summed E-state index contributed by atoms with van der Waals surface area (Å²) in [6.45, 7) is 1.52. The van der Waals surface area contributed by atoms with Gasteiger partial charge >= 0.3 is 0 Å². The Kier molecular flexibility index (Phi) is 5.36. The number of carbonyl (C=O) groups excluding carboxylic acids is 1. The molecule has 0 spiro atoms. The van der Waals surface area contributed by atoms with E-state index in [0.717, 1.165) is 19.3 Å². The van der Waals surface area contributed by atoms with Crippen molar-refractivity contribution < 1.29 is 9.53 Å². The summed E-state index contributed by atoms with van der Waals surface area (Å²) >= 11 is 0. The maximum atomic E-state index is 11.6. The molecule has 0 aromatic heterocycles. The third-order valence-electron chi connectivity index (χ3n) is 3.53. The van der Waals surface area contributed by atoms with E-state index < -0.39 is 0 Å². The normalized spacial score (nSPS) is 17.8. The predicted molar refractivity (Wildman–Crippen MR) is 75.1 cm³/mol. The Balaban J connectivity index is 1.72. The van der Waals surface area contributed by atoms with Crippen molar-refractivity contribution >= 4 is 5.91 Å². The summed E-state index contributed by atoms with van der Waals surface area (Å²) in [4.78, 5) is 11.6. The Bertz CT molecular complexity index is 420. The Hall–Kier alpha value is -1.39. The smallest absolute Gasteiger partial charge is 0.234 e. The van der Waals surface area contributed by atoms with E-state index >= 15 is 0 Å². The van der Waals surface area contributed by atoms with Gasteiger partial charge in [-0.05, 0) is 30.4 Å². The first-order valence-electron chi connectivity index (χ1n) is 6.85. The Morgan fingerprint density at radius 1 is 1.37 bits per heavy atom. The van der Waals surface area contributed by atoms with Gasteiger partial charge in [-0.3, -0.25) is 4.79 Å². The lowest BCUT2D eigenvalue weighted by atomic mass is 9.88. The molecule has 1 aliphatic carbocycles. The first-order chi connectivity index (χ1) is 9.29. The molecule has 0 bridgehead atoms. The molecular weight excluding hydrogens is 240 g/mol. The van der Waals surface area contributed by atoms with Crippen LogP contribution in [-0.2, 0) is 22.4 Å². The molecule has 4 nitrogen and oxygen atoms in total. The van der Waals surface area contributed by atoms with Crippen LogP contribution in [0.1, 0.15) is 17.5 Å². The fraction of sp³-hybridized carbons (Fsp3) is 0.533. The minimum Gasteiger partial charge on any atom is -0.383 e. The highest BCUT2D eigenvalue weighted by Crippen LogP contribution is 2.20. The first kappa shape index (κ1) is 14.0. The van der Waals surface area contributed by atoms with Gasteiger partial charge in [0, 0.05) is 19.7 Å². The molecule has 1 atom stereocenters. The lowest BCUT2D eigenvalue weighted by Crippen LogP contribution is -2.42. The third-order valence-corrected chi connectivity index (χ3v) is 3.53. The van der Waals surface area contributed by atoms with Gasteiger partial charge < -0.3 is 15.4 Å². The summed E-state index contributed by atoms with van der Waals surface area (Å²) < 4.78 is 4.89. The molecule has 1 aromatic rings. The highest BCUT2D eigenvalue weighted by molar-refractivity contribution is 5.78. The van der Waals surface area contributed by atoms with Crippen LogP contribution < -0.4 is 10.6 Å². The van der Waals surface area contributed by atoms with Crippen LogP contribution in [0, 0.1) is 0 Å². The van der Waals surface area contributed by atoms with Crippen LogP contribution in [0.4, 0.5) is 0 Å². The number of hydrogen-bond donors (Lipinski definition) is 2. The van der Waals surface area contributed by atoms with E-state index in [9.17, 15) is 4.79 Å². The molecule has 1 aromatic carbocycles. The standard InChI is InChI=1S/C15H22N2O2/c1-19-9-8-16-15(18)11-17-14-7-6-12-4-2-3-5-13(12)10-14/h2-5,14,17H,6-11H2,1H3,(H,16,18). The quantitative estimate of drug-likeness (QED) is 0.749. The van der Waals surface area contributed by atoms with Gasteiger partial charge in [0.05, 0.1) is 13.2 Å². The van der Waals surface area contributed by atoms with E-state index in [0.29, 0.717) is 25.7 Å². The summed E-state index contributed by atoms with van der Waals surface area (Å²) in [7, 11) is 1.63. The molecule has 1 amide bonds. The number of methoxy groups -OCH3 is 1. The molecule has 4 heteroatoms. The van der Waals surface area contributed by atoms with Crippen molar-refractivity contribution in [1.82, 2.24) is 10.6 Å². The average molecular weight is 262 g/mol. The molecule has 19 heavy (non-hydrogen) atoms. The zero-order valence-electron chi connectivity index (χ0n) is 11.4.